The molecule has 2 N–H and O–H groups in total. The Morgan fingerprint density at radius 1 is 0.956 bits per heavy atom. The van der Waals surface area contributed by atoms with Crippen LogP contribution in [0.25, 0.3) is 11.1 Å². The van der Waals surface area contributed by atoms with E-state index in [2.05, 4.69) is 20.6 Å². The summed E-state index contributed by atoms with van der Waals surface area (Å²) in [5.74, 6) is -0.400. The topological polar surface area (TPSA) is 139 Å². The van der Waals surface area contributed by atoms with Gasteiger partial charge in [0.15, 0.2) is 5.58 Å². The van der Waals surface area contributed by atoms with E-state index in [0.29, 0.717) is 22.6 Å². The number of anilines is 4. The normalized spacial score (nSPS) is 12.9. The lowest BCUT2D eigenvalue weighted by atomic mass is 10.2. The SMILES string of the molecule is COc1cc(Nc2ncc(C)c(Nc3ccc4oc(=O)n(COP(=O)(OC(C)(C)C)OC(C)(C)C)c4c3)n2)cc(C(F)(F)F)c1. The van der Waals surface area contributed by atoms with Crippen LogP contribution in [0.1, 0.15) is 52.7 Å². The molecule has 0 aliphatic carbocycles. The first-order chi connectivity index (χ1) is 20.7. The van der Waals surface area contributed by atoms with Crippen LogP contribution in [0.5, 0.6) is 5.75 Å². The van der Waals surface area contributed by atoms with Crippen molar-refractivity contribution in [1.82, 2.24) is 14.5 Å². The fraction of sp³-hybridized carbons (Fsp3) is 0.414. The molecule has 2 aromatic heterocycles. The lowest BCUT2D eigenvalue weighted by molar-refractivity contribution is -0.137. The Hall–Kier alpha value is -3.91. The highest BCUT2D eigenvalue weighted by molar-refractivity contribution is 7.48. The van der Waals surface area contributed by atoms with Gasteiger partial charge < -0.3 is 19.8 Å². The van der Waals surface area contributed by atoms with E-state index >= 15 is 0 Å². The molecular formula is C29H35F3N5O7P. The molecule has 4 aromatic rings. The second kappa shape index (κ2) is 12.5. The minimum Gasteiger partial charge on any atom is -0.497 e. The maximum absolute atomic E-state index is 13.5. The fourth-order valence-corrected chi connectivity index (χ4v) is 5.72. The predicted octanol–water partition coefficient (Wildman–Crippen LogP) is 7.92. The molecule has 0 atom stereocenters. The van der Waals surface area contributed by atoms with Crippen LogP contribution in [0.2, 0.25) is 0 Å². The molecule has 0 radical (unpaired) electrons. The van der Waals surface area contributed by atoms with Gasteiger partial charge in [0.25, 0.3) is 0 Å². The molecule has 0 saturated heterocycles. The molecule has 0 amide bonds. The molecule has 0 aliphatic rings. The highest BCUT2D eigenvalue weighted by Gasteiger charge is 2.37. The first-order valence-electron chi connectivity index (χ1n) is 13.7. The maximum atomic E-state index is 13.5. The summed E-state index contributed by atoms with van der Waals surface area (Å²) in [5.41, 5.74) is -0.940. The van der Waals surface area contributed by atoms with Crippen molar-refractivity contribution in [3.63, 3.8) is 0 Å². The fourth-order valence-electron chi connectivity index (χ4n) is 3.98. The summed E-state index contributed by atoms with van der Waals surface area (Å²) < 4.78 is 81.9. The van der Waals surface area contributed by atoms with Gasteiger partial charge in [-0.2, -0.15) is 18.2 Å². The number of aromatic nitrogens is 3. The van der Waals surface area contributed by atoms with E-state index in [1.807, 2.05) is 0 Å². The largest absolute Gasteiger partial charge is 0.497 e. The van der Waals surface area contributed by atoms with E-state index in [9.17, 15) is 22.5 Å². The van der Waals surface area contributed by atoms with Crippen molar-refractivity contribution in [2.24, 2.45) is 0 Å². The van der Waals surface area contributed by atoms with E-state index in [1.165, 1.54) is 19.4 Å². The number of ether oxygens (including phenoxy) is 1. The summed E-state index contributed by atoms with van der Waals surface area (Å²) in [7, 11) is -2.87. The van der Waals surface area contributed by atoms with Crippen LogP contribution in [0.4, 0.5) is 36.3 Å². The number of aryl methyl sites for hydroxylation is 1. The number of phosphoric acid groups is 1. The Balaban J connectivity index is 1.60. The quantitative estimate of drug-likeness (QED) is 0.161. The predicted molar refractivity (Wildman–Crippen MR) is 162 cm³/mol. The molecule has 16 heteroatoms. The number of rotatable bonds is 10. The molecule has 2 heterocycles. The summed E-state index contributed by atoms with van der Waals surface area (Å²) in [6.45, 7) is 11.4. The number of alkyl halides is 3. The van der Waals surface area contributed by atoms with Crippen molar-refractivity contribution < 1.29 is 40.5 Å². The van der Waals surface area contributed by atoms with Crippen LogP contribution >= 0.6 is 7.82 Å². The molecule has 0 bridgehead atoms. The Morgan fingerprint density at radius 2 is 1.62 bits per heavy atom. The number of nitrogens with zero attached hydrogens (tertiary/aromatic N) is 3. The van der Waals surface area contributed by atoms with Crippen molar-refractivity contribution in [3.8, 4) is 5.75 Å². The minimum atomic E-state index is -4.58. The Labute approximate surface area is 257 Å². The van der Waals surface area contributed by atoms with Gasteiger partial charge in [-0.05, 0) is 78.8 Å². The van der Waals surface area contributed by atoms with Gasteiger partial charge in [-0.15, -0.1) is 0 Å². The number of benzene rings is 2. The minimum absolute atomic E-state index is 0.00696. The molecule has 4 rings (SSSR count). The van der Waals surface area contributed by atoms with Crippen molar-refractivity contribution in [2.75, 3.05) is 17.7 Å². The molecular weight excluding hydrogens is 618 g/mol. The van der Waals surface area contributed by atoms with E-state index in [4.69, 9.17) is 22.7 Å². The van der Waals surface area contributed by atoms with Crippen molar-refractivity contribution >= 4 is 42.1 Å². The van der Waals surface area contributed by atoms with Crippen LogP contribution in [0.15, 0.2) is 51.8 Å². The number of methoxy groups -OCH3 is 1. The number of halogens is 3. The molecule has 12 nitrogen and oxygen atoms in total. The molecule has 0 spiro atoms. The Kier molecular flexibility index (Phi) is 9.41. The lowest BCUT2D eigenvalue weighted by Crippen LogP contribution is -2.26. The number of fused-ring (bicyclic) bond motifs is 1. The third-order valence-electron chi connectivity index (χ3n) is 5.74. The summed E-state index contributed by atoms with van der Waals surface area (Å²) >= 11 is 0. The van der Waals surface area contributed by atoms with Crippen LogP contribution in [-0.2, 0) is 31.0 Å². The van der Waals surface area contributed by atoms with Gasteiger partial charge in [-0.25, -0.2) is 18.9 Å². The first-order valence-corrected chi connectivity index (χ1v) is 15.1. The summed E-state index contributed by atoms with van der Waals surface area (Å²) in [6, 6.07) is 7.98. The third-order valence-corrected chi connectivity index (χ3v) is 7.72. The Morgan fingerprint density at radius 3 is 2.22 bits per heavy atom. The van der Waals surface area contributed by atoms with Gasteiger partial charge >= 0.3 is 19.8 Å². The number of oxazole rings is 1. The third kappa shape index (κ3) is 9.07. The van der Waals surface area contributed by atoms with Crippen LogP contribution in [0, 0.1) is 6.92 Å². The Bertz CT molecular complexity index is 1770. The standard InChI is InChI=1S/C29H35F3N5O7P/c1-17-15-33-25(35-20-11-18(29(30,31)32)12-21(13-20)40-8)36-24(17)34-19-9-10-23-22(14-19)37(26(38)42-23)16-41-45(39,43-27(2,3)4)44-28(5,6)7/h9-15H,16H2,1-8H3,(H2,33,34,35,36). The van der Waals surface area contributed by atoms with E-state index in [-0.39, 0.29) is 23.0 Å². The van der Waals surface area contributed by atoms with Crippen LogP contribution < -0.4 is 21.1 Å². The molecule has 0 aliphatic heterocycles. The second-order valence-electron chi connectivity index (χ2n) is 12.0. The highest BCUT2D eigenvalue weighted by atomic mass is 31.2. The molecule has 0 unspecified atom stereocenters. The monoisotopic (exact) mass is 653 g/mol. The molecule has 244 valence electrons. The maximum Gasteiger partial charge on any atom is 0.477 e. The van der Waals surface area contributed by atoms with Crippen LogP contribution in [-0.4, -0.2) is 32.8 Å². The molecule has 2 aromatic carbocycles. The zero-order chi connectivity index (χ0) is 33.4. The van der Waals surface area contributed by atoms with Crippen molar-refractivity contribution in [3.05, 3.63) is 64.3 Å². The zero-order valence-corrected chi connectivity index (χ0v) is 26.9. The molecule has 0 fully saturated rings. The number of nitrogens with one attached hydrogen (secondary N) is 2. The van der Waals surface area contributed by atoms with Gasteiger partial charge in [0, 0.05) is 29.2 Å². The number of phosphoric ester groups is 1. The lowest BCUT2D eigenvalue weighted by Gasteiger charge is -2.30. The van der Waals surface area contributed by atoms with E-state index in [0.717, 1.165) is 16.7 Å². The average molecular weight is 654 g/mol. The summed E-state index contributed by atoms with van der Waals surface area (Å²) in [6.07, 6.45) is -3.09. The van der Waals surface area contributed by atoms with Gasteiger partial charge in [-0.1, -0.05) is 0 Å². The smallest absolute Gasteiger partial charge is 0.477 e. The van der Waals surface area contributed by atoms with E-state index in [1.54, 1.807) is 66.7 Å². The van der Waals surface area contributed by atoms with Crippen molar-refractivity contribution in [1.29, 1.82) is 0 Å². The number of hydrogen-bond donors (Lipinski definition) is 2. The average Bonchev–Trinajstić information content (AvgIpc) is 3.20. The van der Waals surface area contributed by atoms with Gasteiger partial charge in [-0.3, -0.25) is 13.6 Å². The zero-order valence-electron chi connectivity index (χ0n) is 26.0. The summed E-state index contributed by atoms with van der Waals surface area (Å²) in [4.78, 5) is 21.3. The van der Waals surface area contributed by atoms with E-state index < -0.39 is 43.3 Å². The molecule has 45 heavy (non-hydrogen) atoms. The van der Waals surface area contributed by atoms with Gasteiger partial charge in [0.1, 0.15) is 18.3 Å². The first kappa shape index (κ1) is 34.0. The van der Waals surface area contributed by atoms with Gasteiger partial charge in [0.2, 0.25) is 5.95 Å². The summed E-state index contributed by atoms with van der Waals surface area (Å²) in [5, 5.41) is 5.90. The molecule has 0 saturated carbocycles. The number of hydrogen-bond acceptors (Lipinski definition) is 11. The van der Waals surface area contributed by atoms with Gasteiger partial charge in [0.05, 0.1) is 29.4 Å². The second-order valence-corrected chi connectivity index (χ2v) is 13.5. The van der Waals surface area contributed by atoms with Crippen molar-refractivity contribution in [2.45, 2.75) is 72.6 Å². The van der Waals surface area contributed by atoms with Crippen LogP contribution in [0.3, 0.4) is 0 Å². The highest BCUT2D eigenvalue weighted by Crippen LogP contribution is 2.55.